The second kappa shape index (κ2) is 7.18. The van der Waals surface area contributed by atoms with Gasteiger partial charge in [-0.1, -0.05) is 31.2 Å². The zero-order chi connectivity index (χ0) is 17.1. The number of hydrogen-bond acceptors (Lipinski definition) is 1. The molecule has 0 aliphatic rings. The second-order valence-corrected chi connectivity index (χ2v) is 6.75. The third kappa shape index (κ3) is 3.36. The number of halogens is 1. The van der Waals surface area contributed by atoms with E-state index in [2.05, 4.69) is 76.6 Å². The highest BCUT2D eigenvalue weighted by atomic mass is 79.9. The fourth-order valence-corrected chi connectivity index (χ4v) is 3.28. The highest BCUT2D eigenvalue weighted by Crippen LogP contribution is 2.25. The average Bonchev–Trinajstić information content (AvgIpc) is 2.88. The van der Waals surface area contributed by atoms with Crippen molar-refractivity contribution in [2.75, 3.05) is 0 Å². The molecule has 0 bridgehead atoms. The van der Waals surface area contributed by atoms with Crippen molar-refractivity contribution in [1.29, 1.82) is 0 Å². The van der Waals surface area contributed by atoms with Gasteiger partial charge in [0.05, 0.1) is 5.69 Å². The SMILES string of the molecule is CCc1ccc(-n2c(C)cc(C=Nc3ccccc3Br)c2C)cc1. The number of rotatable bonds is 4. The zero-order valence-electron chi connectivity index (χ0n) is 14.3. The Bertz CT molecular complexity index is 873. The van der Waals surface area contributed by atoms with E-state index in [4.69, 9.17) is 0 Å². The van der Waals surface area contributed by atoms with Crippen molar-refractivity contribution < 1.29 is 0 Å². The average molecular weight is 381 g/mol. The van der Waals surface area contributed by atoms with Crippen LogP contribution in [0.5, 0.6) is 0 Å². The first-order valence-electron chi connectivity index (χ1n) is 8.17. The molecule has 0 aliphatic heterocycles. The predicted octanol–water partition coefficient (Wildman–Crippen LogP) is 6.17. The van der Waals surface area contributed by atoms with Crippen LogP contribution in [-0.2, 0) is 6.42 Å². The van der Waals surface area contributed by atoms with Crippen LogP contribution in [0, 0.1) is 13.8 Å². The number of aliphatic imine (C=N–C) groups is 1. The smallest absolute Gasteiger partial charge is 0.0771 e. The standard InChI is InChI=1S/C21H21BrN2/c1-4-17-9-11-19(12-10-17)24-15(2)13-18(16(24)3)14-23-21-8-6-5-7-20(21)22/h5-14H,4H2,1-3H3. The normalized spacial score (nSPS) is 11.3. The Balaban J connectivity index is 1.95. The van der Waals surface area contributed by atoms with Crippen LogP contribution < -0.4 is 0 Å². The number of aromatic nitrogens is 1. The molecule has 3 heteroatoms. The van der Waals surface area contributed by atoms with Crippen LogP contribution in [0.25, 0.3) is 5.69 Å². The Morgan fingerprint density at radius 1 is 1.04 bits per heavy atom. The van der Waals surface area contributed by atoms with Gasteiger partial charge in [0.15, 0.2) is 0 Å². The van der Waals surface area contributed by atoms with E-state index < -0.39 is 0 Å². The molecule has 0 unspecified atom stereocenters. The molecule has 0 fully saturated rings. The minimum absolute atomic E-state index is 0.939. The monoisotopic (exact) mass is 380 g/mol. The quantitative estimate of drug-likeness (QED) is 0.481. The molecule has 0 spiro atoms. The fraction of sp³-hybridized carbons (Fsp3) is 0.190. The van der Waals surface area contributed by atoms with Crippen molar-refractivity contribution in [1.82, 2.24) is 4.57 Å². The summed E-state index contributed by atoms with van der Waals surface area (Å²) in [6.45, 7) is 6.45. The summed E-state index contributed by atoms with van der Waals surface area (Å²) in [4.78, 5) is 4.63. The second-order valence-electron chi connectivity index (χ2n) is 5.89. The molecule has 2 nitrogen and oxygen atoms in total. The molecule has 3 aromatic rings. The lowest BCUT2D eigenvalue weighted by Gasteiger charge is -2.10. The van der Waals surface area contributed by atoms with Gasteiger partial charge < -0.3 is 4.57 Å². The number of aryl methyl sites for hydroxylation is 2. The van der Waals surface area contributed by atoms with Gasteiger partial charge in [0, 0.05) is 33.3 Å². The number of hydrogen-bond donors (Lipinski definition) is 0. The molecular weight excluding hydrogens is 360 g/mol. The summed E-state index contributed by atoms with van der Waals surface area (Å²) < 4.78 is 3.28. The Morgan fingerprint density at radius 2 is 1.75 bits per heavy atom. The number of para-hydroxylation sites is 1. The molecule has 1 aromatic heterocycles. The predicted molar refractivity (Wildman–Crippen MR) is 106 cm³/mol. The van der Waals surface area contributed by atoms with Crippen molar-refractivity contribution in [3.8, 4) is 5.69 Å². The molecular formula is C21H21BrN2. The van der Waals surface area contributed by atoms with Gasteiger partial charge >= 0.3 is 0 Å². The topological polar surface area (TPSA) is 17.3 Å². The van der Waals surface area contributed by atoms with E-state index in [1.807, 2.05) is 30.5 Å². The molecule has 0 radical (unpaired) electrons. The molecule has 0 atom stereocenters. The van der Waals surface area contributed by atoms with Crippen molar-refractivity contribution in [3.05, 3.63) is 81.6 Å². The minimum Gasteiger partial charge on any atom is -0.318 e. The Kier molecular flexibility index (Phi) is 5.00. The number of nitrogens with zero attached hydrogens (tertiary/aromatic N) is 2. The first-order valence-corrected chi connectivity index (χ1v) is 8.96. The summed E-state index contributed by atoms with van der Waals surface area (Å²) >= 11 is 3.54. The molecule has 24 heavy (non-hydrogen) atoms. The molecule has 0 aliphatic carbocycles. The molecule has 1 heterocycles. The van der Waals surface area contributed by atoms with Gasteiger partial charge in [-0.05, 0) is 72.1 Å². The van der Waals surface area contributed by atoms with Crippen LogP contribution in [0.3, 0.4) is 0 Å². The van der Waals surface area contributed by atoms with Crippen LogP contribution in [0.4, 0.5) is 5.69 Å². The summed E-state index contributed by atoms with van der Waals surface area (Å²) in [6.07, 6.45) is 3.01. The van der Waals surface area contributed by atoms with Gasteiger partial charge in [-0.15, -0.1) is 0 Å². The lowest BCUT2D eigenvalue weighted by atomic mass is 10.1. The van der Waals surface area contributed by atoms with Gasteiger partial charge in [0.1, 0.15) is 0 Å². The molecule has 3 rings (SSSR count). The third-order valence-electron chi connectivity index (χ3n) is 4.27. The molecule has 0 N–H and O–H groups in total. The molecule has 2 aromatic carbocycles. The lowest BCUT2D eigenvalue weighted by molar-refractivity contribution is 0.962. The molecule has 0 saturated heterocycles. The Morgan fingerprint density at radius 3 is 2.42 bits per heavy atom. The van der Waals surface area contributed by atoms with E-state index in [1.54, 1.807) is 0 Å². The Hall–Kier alpha value is -2.13. The maximum Gasteiger partial charge on any atom is 0.0771 e. The van der Waals surface area contributed by atoms with E-state index in [9.17, 15) is 0 Å². The fourth-order valence-electron chi connectivity index (χ4n) is 2.89. The number of benzene rings is 2. The van der Waals surface area contributed by atoms with Crippen LogP contribution in [0.15, 0.2) is 64.1 Å². The molecule has 0 amide bonds. The van der Waals surface area contributed by atoms with Gasteiger partial charge in [0.2, 0.25) is 0 Å². The van der Waals surface area contributed by atoms with Gasteiger partial charge in [-0.3, -0.25) is 4.99 Å². The molecule has 0 saturated carbocycles. The van der Waals surface area contributed by atoms with Gasteiger partial charge in [0.25, 0.3) is 0 Å². The maximum atomic E-state index is 4.63. The van der Waals surface area contributed by atoms with Gasteiger partial charge in [-0.25, -0.2) is 0 Å². The third-order valence-corrected chi connectivity index (χ3v) is 4.94. The summed E-state index contributed by atoms with van der Waals surface area (Å²) in [5.41, 5.74) is 7.05. The van der Waals surface area contributed by atoms with Crippen molar-refractivity contribution in [3.63, 3.8) is 0 Å². The van der Waals surface area contributed by atoms with E-state index in [0.717, 1.165) is 22.1 Å². The summed E-state index contributed by atoms with van der Waals surface area (Å²) in [6, 6.07) is 19.0. The maximum absolute atomic E-state index is 4.63. The van der Waals surface area contributed by atoms with E-state index in [0.29, 0.717) is 0 Å². The molecule has 122 valence electrons. The van der Waals surface area contributed by atoms with E-state index in [-0.39, 0.29) is 0 Å². The lowest BCUT2D eigenvalue weighted by Crippen LogP contribution is -1.99. The zero-order valence-corrected chi connectivity index (χ0v) is 15.8. The van der Waals surface area contributed by atoms with Crippen molar-refractivity contribution >= 4 is 27.8 Å². The summed E-state index contributed by atoms with van der Waals surface area (Å²) in [5.74, 6) is 0. The first kappa shape index (κ1) is 16.7. The van der Waals surface area contributed by atoms with Crippen molar-refractivity contribution in [2.45, 2.75) is 27.2 Å². The summed E-state index contributed by atoms with van der Waals surface area (Å²) in [7, 11) is 0. The van der Waals surface area contributed by atoms with Crippen LogP contribution in [0.2, 0.25) is 0 Å². The Labute approximate surface area is 152 Å². The minimum atomic E-state index is 0.939. The highest BCUT2D eigenvalue weighted by Gasteiger charge is 2.09. The van der Waals surface area contributed by atoms with Crippen LogP contribution in [0.1, 0.15) is 29.4 Å². The van der Waals surface area contributed by atoms with E-state index >= 15 is 0 Å². The van der Waals surface area contributed by atoms with Crippen LogP contribution >= 0.6 is 15.9 Å². The first-order chi connectivity index (χ1) is 11.6. The largest absolute Gasteiger partial charge is 0.318 e. The van der Waals surface area contributed by atoms with Crippen molar-refractivity contribution in [2.24, 2.45) is 4.99 Å². The summed E-state index contributed by atoms with van der Waals surface area (Å²) in [5, 5.41) is 0. The van der Waals surface area contributed by atoms with E-state index in [1.165, 1.54) is 22.6 Å². The van der Waals surface area contributed by atoms with Gasteiger partial charge in [-0.2, -0.15) is 0 Å². The highest BCUT2D eigenvalue weighted by molar-refractivity contribution is 9.10. The van der Waals surface area contributed by atoms with Crippen LogP contribution in [-0.4, -0.2) is 10.8 Å².